The number of likely N-dealkylation sites (N-methyl/N-ethyl adjacent to an activating group) is 1. The molecular weight excluding hydrogens is 230 g/mol. The normalized spacial score (nSPS) is 16.5. The average Bonchev–Trinajstić information content (AvgIpc) is 2.78. The van der Waals surface area contributed by atoms with E-state index in [4.69, 9.17) is 9.26 Å². The molecule has 0 saturated heterocycles. The summed E-state index contributed by atoms with van der Waals surface area (Å²) >= 11 is 0. The molecule has 0 aliphatic rings. The quantitative estimate of drug-likeness (QED) is 0.772. The molecule has 2 unspecified atom stereocenters. The van der Waals surface area contributed by atoms with Gasteiger partial charge in [-0.1, -0.05) is 19.0 Å². The largest absolute Gasteiger partial charge is 0.367 e. The molecule has 0 aromatic carbocycles. The number of nitrogens with one attached hydrogen (secondary N) is 1. The first-order chi connectivity index (χ1) is 8.55. The van der Waals surface area contributed by atoms with Crippen molar-refractivity contribution in [3.05, 3.63) is 11.7 Å². The maximum atomic E-state index is 5.73. The van der Waals surface area contributed by atoms with Crippen molar-refractivity contribution in [3.63, 3.8) is 0 Å². The Labute approximate surface area is 109 Å². The van der Waals surface area contributed by atoms with E-state index in [2.05, 4.69) is 36.2 Å². The van der Waals surface area contributed by atoms with Gasteiger partial charge in [-0.2, -0.15) is 4.98 Å². The molecule has 18 heavy (non-hydrogen) atoms. The van der Waals surface area contributed by atoms with E-state index < -0.39 is 5.60 Å². The SMILES string of the molecule is CCNC(C)Cc1nc(C(C)(CC)OCC)no1. The topological polar surface area (TPSA) is 60.2 Å². The molecular formula is C13H25N3O2. The summed E-state index contributed by atoms with van der Waals surface area (Å²) in [6.07, 6.45) is 1.56. The summed E-state index contributed by atoms with van der Waals surface area (Å²) in [6, 6.07) is 0.336. The maximum Gasteiger partial charge on any atom is 0.228 e. The minimum absolute atomic E-state index is 0.336. The van der Waals surface area contributed by atoms with Crippen molar-refractivity contribution in [3.8, 4) is 0 Å². The number of rotatable bonds is 8. The molecule has 5 nitrogen and oxygen atoms in total. The first kappa shape index (κ1) is 15.1. The summed E-state index contributed by atoms with van der Waals surface area (Å²) in [5.74, 6) is 1.31. The van der Waals surface area contributed by atoms with Crippen LogP contribution in [0.1, 0.15) is 52.8 Å². The summed E-state index contributed by atoms with van der Waals surface area (Å²) in [6.45, 7) is 11.8. The van der Waals surface area contributed by atoms with E-state index in [0.29, 0.717) is 24.4 Å². The van der Waals surface area contributed by atoms with Gasteiger partial charge in [0.2, 0.25) is 11.7 Å². The van der Waals surface area contributed by atoms with Crippen molar-refractivity contribution in [1.29, 1.82) is 0 Å². The zero-order valence-corrected chi connectivity index (χ0v) is 12.1. The summed E-state index contributed by atoms with van der Waals surface area (Å²) < 4.78 is 11.0. The Morgan fingerprint density at radius 1 is 1.39 bits per heavy atom. The van der Waals surface area contributed by atoms with Crippen molar-refractivity contribution in [2.75, 3.05) is 13.2 Å². The third kappa shape index (κ3) is 3.78. The molecule has 5 heteroatoms. The molecule has 2 atom stereocenters. The van der Waals surface area contributed by atoms with Gasteiger partial charge in [0.1, 0.15) is 5.60 Å². The molecule has 0 saturated carbocycles. The van der Waals surface area contributed by atoms with Gasteiger partial charge in [-0.05, 0) is 33.7 Å². The smallest absolute Gasteiger partial charge is 0.228 e. The van der Waals surface area contributed by atoms with Gasteiger partial charge in [0.25, 0.3) is 0 Å². The molecule has 1 rings (SSSR count). The molecule has 1 heterocycles. The van der Waals surface area contributed by atoms with Gasteiger partial charge in [-0.25, -0.2) is 0 Å². The standard InChI is InChI=1S/C13H25N3O2/c1-6-13(5,17-8-3)12-15-11(18-16-12)9-10(4)14-7-2/h10,14H,6-9H2,1-5H3. The second-order valence-corrected chi connectivity index (χ2v) is 4.69. The highest BCUT2D eigenvalue weighted by atomic mass is 16.5. The molecule has 0 fully saturated rings. The fraction of sp³-hybridized carbons (Fsp3) is 0.846. The lowest BCUT2D eigenvalue weighted by Gasteiger charge is -2.23. The molecule has 1 aromatic heterocycles. The first-order valence-corrected chi connectivity index (χ1v) is 6.76. The summed E-state index contributed by atoms with van der Waals surface area (Å²) in [5, 5.41) is 7.37. The Bertz CT molecular complexity index is 354. The van der Waals surface area contributed by atoms with Crippen LogP contribution < -0.4 is 5.32 Å². The number of hydrogen-bond acceptors (Lipinski definition) is 5. The van der Waals surface area contributed by atoms with Crippen molar-refractivity contribution in [2.45, 2.75) is 59.1 Å². The fourth-order valence-corrected chi connectivity index (χ4v) is 1.88. The van der Waals surface area contributed by atoms with Crippen LogP contribution in [0.2, 0.25) is 0 Å². The van der Waals surface area contributed by atoms with E-state index in [-0.39, 0.29) is 0 Å². The predicted octanol–water partition coefficient (Wildman–Crippen LogP) is 2.27. The van der Waals surface area contributed by atoms with Crippen LogP contribution in [0.15, 0.2) is 4.52 Å². The van der Waals surface area contributed by atoms with Crippen molar-refractivity contribution in [1.82, 2.24) is 15.5 Å². The van der Waals surface area contributed by atoms with Crippen molar-refractivity contribution in [2.24, 2.45) is 0 Å². The zero-order valence-electron chi connectivity index (χ0n) is 12.1. The first-order valence-electron chi connectivity index (χ1n) is 6.76. The molecule has 1 N–H and O–H groups in total. The molecule has 0 amide bonds. The van der Waals surface area contributed by atoms with Gasteiger partial charge in [0.05, 0.1) is 0 Å². The van der Waals surface area contributed by atoms with E-state index in [9.17, 15) is 0 Å². The van der Waals surface area contributed by atoms with Crippen molar-refractivity contribution >= 4 is 0 Å². The molecule has 104 valence electrons. The predicted molar refractivity (Wildman–Crippen MR) is 70.4 cm³/mol. The van der Waals surface area contributed by atoms with Crippen LogP contribution in [-0.4, -0.2) is 29.3 Å². The van der Waals surface area contributed by atoms with Crippen LogP contribution in [0.5, 0.6) is 0 Å². The summed E-state index contributed by atoms with van der Waals surface area (Å²) in [5.41, 5.74) is -0.447. The minimum atomic E-state index is -0.447. The Balaban J connectivity index is 2.72. The van der Waals surface area contributed by atoms with E-state index in [0.717, 1.165) is 19.4 Å². The van der Waals surface area contributed by atoms with Crippen molar-refractivity contribution < 1.29 is 9.26 Å². The van der Waals surface area contributed by atoms with Gasteiger partial charge in [-0.3, -0.25) is 0 Å². The Kier molecular flexibility index (Phi) is 5.75. The van der Waals surface area contributed by atoms with E-state index in [1.165, 1.54) is 0 Å². The monoisotopic (exact) mass is 255 g/mol. The molecule has 1 aromatic rings. The second-order valence-electron chi connectivity index (χ2n) is 4.69. The van der Waals surface area contributed by atoms with Gasteiger partial charge in [0.15, 0.2) is 0 Å². The van der Waals surface area contributed by atoms with Gasteiger partial charge < -0.3 is 14.6 Å². The van der Waals surface area contributed by atoms with E-state index in [1.807, 2.05) is 13.8 Å². The van der Waals surface area contributed by atoms with Crippen LogP contribution in [0.3, 0.4) is 0 Å². The van der Waals surface area contributed by atoms with Crippen LogP contribution in [0.4, 0.5) is 0 Å². The third-order valence-electron chi connectivity index (χ3n) is 3.11. The molecule has 0 spiro atoms. The van der Waals surface area contributed by atoms with Gasteiger partial charge >= 0.3 is 0 Å². The Morgan fingerprint density at radius 3 is 2.67 bits per heavy atom. The minimum Gasteiger partial charge on any atom is -0.367 e. The van der Waals surface area contributed by atoms with E-state index >= 15 is 0 Å². The Morgan fingerprint density at radius 2 is 2.11 bits per heavy atom. The number of hydrogen-bond donors (Lipinski definition) is 1. The summed E-state index contributed by atoms with van der Waals surface area (Å²) in [4.78, 5) is 4.45. The fourth-order valence-electron chi connectivity index (χ4n) is 1.88. The molecule has 0 bridgehead atoms. The van der Waals surface area contributed by atoms with Crippen LogP contribution >= 0.6 is 0 Å². The second kappa shape index (κ2) is 6.85. The highest BCUT2D eigenvalue weighted by Crippen LogP contribution is 2.26. The lowest BCUT2D eigenvalue weighted by atomic mass is 10.0. The zero-order chi connectivity index (χ0) is 13.6. The lowest BCUT2D eigenvalue weighted by molar-refractivity contribution is -0.0403. The lowest BCUT2D eigenvalue weighted by Crippen LogP contribution is -2.28. The Hall–Kier alpha value is -0.940. The molecule has 0 radical (unpaired) electrons. The highest BCUT2D eigenvalue weighted by molar-refractivity contribution is 4.99. The van der Waals surface area contributed by atoms with E-state index in [1.54, 1.807) is 0 Å². The summed E-state index contributed by atoms with van der Waals surface area (Å²) in [7, 11) is 0. The van der Waals surface area contributed by atoms with Gasteiger partial charge in [0, 0.05) is 19.1 Å². The molecule has 0 aliphatic heterocycles. The maximum absolute atomic E-state index is 5.73. The van der Waals surface area contributed by atoms with Crippen LogP contribution in [-0.2, 0) is 16.8 Å². The van der Waals surface area contributed by atoms with Crippen LogP contribution in [0.25, 0.3) is 0 Å². The third-order valence-corrected chi connectivity index (χ3v) is 3.11. The van der Waals surface area contributed by atoms with Crippen LogP contribution in [0, 0.1) is 0 Å². The number of nitrogens with zero attached hydrogens (tertiary/aromatic N) is 2. The number of ether oxygens (including phenoxy) is 1. The average molecular weight is 255 g/mol. The number of aromatic nitrogens is 2. The van der Waals surface area contributed by atoms with Gasteiger partial charge in [-0.15, -0.1) is 0 Å². The highest BCUT2D eigenvalue weighted by Gasteiger charge is 2.30. The molecule has 0 aliphatic carbocycles.